The van der Waals surface area contributed by atoms with Gasteiger partial charge in [-0.2, -0.15) is 0 Å². The Hall–Kier alpha value is -2.51. The van der Waals surface area contributed by atoms with Gasteiger partial charge < -0.3 is 10.6 Å². The van der Waals surface area contributed by atoms with E-state index in [1.54, 1.807) is 13.0 Å². The fraction of sp³-hybridized carbons (Fsp3) is 0.409. The summed E-state index contributed by atoms with van der Waals surface area (Å²) in [6, 6.07) is 8.25. The third kappa shape index (κ3) is 9.02. The number of unbranched alkanes of at least 4 members (excludes halogenated alkanes) is 1. The van der Waals surface area contributed by atoms with Crippen LogP contribution in [0.25, 0.3) is 0 Å². The van der Waals surface area contributed by atoms with Crippen molar-refractivity contribution >= 4 is 11.6 Å². The van der Waals surface area contributed by atoms with Crippen LogP contribution in [-0.4, -0.2) is 24.2 Å². The standard InChI is InChI=1S/C13H20FN.C9H11FN2O2/c1-4-5-6-15-9-12-7-10(2)13(14)11(3)8-12;1-6-4-7(2-3-8(6)10)11-5-9(13)12-14/h7-8,15H,4-6,9H2,1-3H3;2-4,11,14H,5H2,1H3,(H,12,13). The summed E-state index contributed by atoms with van der Waals surface area (Å²) in [4.78, 5) is 10.6. The van der Waals surface area contributed by atoms with Crippen molar-refractivity contribution < 1.29 is 18.8 Å². The predicted molar refractivity (Wildman–Crippen MR) is 112 cm³/mol. The molecule has 160 valence electrons. The number of hydrogen-bond donors (Lipinski definition) is 4. The van der Waals surface area contributed by atoms with Crippen LogP contribution in [0.1, 0.15) is 42.0 Å². The van der Waals surface area contributed by atoms with E-state index in [1.807, 2.05) is 26.0 Å². The number of benzene rings is 2. The highest BCUT2D eigenvalue weighted by Crippen LogP contribution is 2.14. The van der Waals surface area contributed by atoms with Crippen molar-refractivity contribution in [1.82, 2.24) is 10.8 Å². The van der Waals surface area contributed by atoms with Crippen molar-refractivity contribution in [2.24, 2.45) is 0 Å². The number of aryl methyl sites for hydroxylation is 3. The fourth-order valence-electron chi connectivity index (χ4n) is 2.65. The van der Waals surface area contributed by atoms with Gasteiger partial charge in [-0.05, 0) is 74.2 Å². The molecular weight excluding hydrogens is 376 g/mol. The number of anilines is 1. The van der Waals surface area contributed by atoms with Gasteiger partial charge in [-0.25, -0.2) is 14.3 Å². The molecule has 2 rings (SSSR count). The number of halogens is 2. The van der Waals surface area contributed by atoms with E-state index in [0.29, 0.717) is 11.3 Å². The van der Waals surface area contributed by atoms with Crippen molar-refractivity contribution in [1.29, 1.82) is 0 Å². The SMILES string of the molecule is CCCCNCc1cc(C)c(F)c(C)c1.Cc1cc(NCC(=O)NO)ccc1F. The normalized spacial score (nSPS) is 10.2. The summed E-state index contributed by atoms with van der Waals surface area (Å²) < 4.78 is 26.1. The Morgan fingerprint density at radius 1 is 1.03 bits per heavy atom. The largest absolute Gasteiger partial charge is 0.376 e. The maximum atomic E-state index is 13.3. The molecule has 0 radical (unpaired) electrons. The zero-order chi connectivity index (χ0) is 21.8. The lowest BCUT2D eigenvalue weighted by molar-refractivity contribution is -0.127. The van der Waals surface area contributed by atoms with Crippen molar-refractivity contribution in [2.45, 2.75) is 47.1 Å². The van der Waals surface area contributed by atoms with Gasteiger partial charge in [-0.3, -0.25) is 10.0 Å². The van der Waals surface area contributed by atoms with E-state index in [1.165, 1.54) is 36.0 Å². The average Bonchev–Trinajstić information content (AvgIpc) is 2.70. The number of amides is 1. The Balaban J connectivity index is 0.000000291. The van der Waals surface area contributed by atoms with Crippen LogP contribution in [0.2, 0.25) is 0 Å². The zero-order valence-corrected chi connectivity index (χ0v) is 17.5. The average molecular weight is 408 g/mol. The topological polar surface area (TPSA) is 73.4 Å². The lowest BCUT2D eigenvalue weighted by Gasteiger charge is -2.07. The van der Waals surface area contributed by atoms with Gasteiger partial charge in [0.1, 0.15) is 11.6 Å². The van der Waals surface area contributed by atoms with Crippen LogP contribution in [-0.2, 0) is 11.3 Å². The highest BCUT2D eigenvalue weighted by atomic mass is 19.1. The molecule has 29 heavy (non-hydrogen) atoms. The third-order valence-electron chi connectivity index (χ3n) is 4.27. The quantitative estimate of drug-likeness (QED) is 0.298. The second kappa shape index (κ2) is 12.9. The zero-order valence-electron chi connectivity index (χ0n) is 17.5. The molecule has 7 heteroatoms. The van der Waals surface area contributed by atoms with Gasteiger partial charge in [0.05, 0.1) is 6.54 Å². The molecule has 0 saturated carbocycles. The summed E-state index contributed by atoms with van der Waals surface area (Å²) in [5.74, 6) is -0.915. The first-order valence-corrected chi connectivity index (χ1v) is 9.67. The summed E-state index contributed by atoms with van der Waals surface area (Å²) in [6.45, 7) is 9.26. The first-order chi connectivity index (χ1) is 13.8. The molecule has 0 spiro atoms. The molecule has 2 aromatic rings. The second-order valence-electron chi connectivity index (χ2n) is 6.93. The van der Waals surface area contributed by atoms with E-state index < -0.39 is 5.91 Å². The van der Waals surface area contributed by atoms with Crippen LogP contribution in [0.15, 0.2) is 30.3 Å². The van der Waals surface area contributed by atoms with E-state index in [4.69, 9.17) is 5.21 Å². The molecular formula is C22H31F2N3O2. The molecule has 0 aliphatic carbocycles. The van der Waals surface area contributed by atoms with Crippen LogP contribution in [0.5, 0.6) is 0 Å². The van der Waals surface area contributed by atoms with Crippen molar-refractivity contribution in [2.75, 3.05) is 18.4 Å². The Morgan fingerprint density at radius 2 is 1.69 bits per heavy atom. The number of hydrogen-bond acceptors (Lipinski definition) is 4. The monoisotopic (exact) mass is 407 g/mol. The highest BCUT2D eigenvalue weighted by molar-refractivity contribution is 5.79. The maximum Gasteiger partial charge on any atom is 0.262 e. The summed E-state index contributed by atoms with van der Waals surface area (Å²) in [5, 5.41) is 14.3. The summed E-state index contributed by atoms with van der Waals surface area (Å²) in [5.41, 5.74) is 5.26. The Kier molecular flexibility index (Phi) is 10.9. The number of nitrogens with one attached hydrogen (secondary N) is 3. The molecule has 0 fully saturated rings. The lowest BCUT2D eigenvalue weighted by atomic mass is 10.1. The molecule has 0 unspecified atom stereocenters. The highest BCUT2D eigenvalue weighted by Gasteiger charge is 2.03. The summed E-state index contributed by atoms with van der Waals surface area (Å²) >= 11 is 0. The number of hydroxylamine groups is 1. The fourth-order valence-corrected chi connectivity index (χ4v) is 2.65. The first-order valence-electron chi connectivity index (χ1n) is 9.67. The van der Waals surface area contributed by atoms with Crippen LogP contribution in [0.4, 0.5) is 14.5 Å². The van der Waals surface area contributed by atoms with Gasteiger partial charge in [0.2, 0.25) is 0 Å². The number of rotatable bonds is 8. The maximum absolute atomic E-state index is 13.3. The van der Waals surface area contributed by atoms with Gasteiger partial charge in [0, 0.05) is 12.2 Å². The molecule has 1 amide bonds. The minimum Gasteiger partial charge on any atom is -0.376 e. The molecule has 2 aromatic carbocycles. The minimum atomic E-state index is -0.549. The molecule has 0 heterocycles. The van der Waals surface area contributed by atoms with E-state index >= 15 is 0 Å². The van der Waals surface area contributed by atoms with Gasteiger partial charge in [0.15, 0.2) is 0 Å². The van der Waals surface area contributed by atoms with Crippen molar-refractivity contribution in [3.8, 4) is 0 Å². The molecule has 0 bridgehead atoms. The van der Waals surface area contributed by atoms with Gasteiger partial charge in [0.25, 0.3) is 5.91 Å². The van der Waals surface area contributed by atoms with Gasteiger partial charge in [-0.15, -0.1) is 0 Å². The van der Waals surface area contributed by atoms with E-state index in [2.05, 4.69) is 17.6 Å². The molecule has 0 aliphatic heterocycles. The summed E-state index contributed by atoms with van der Waals surface area (Å²) in [6.07, 6.45) is 2.40. The predicted octanol–water partition coefficient (Wildman–Crippen LogP) is 4.38. The smallest absolute Gasteiger partial charge is 0.262 e. The molecule has 0 aliphatic rings. The van der Waals surface area contributed by atoms with Crippen molar-refractivity contribution in [3.63, 3.8) is 0 Å². The molecule has 0 saturated heterocycles. The van der Waals surface area contributed by atoms with Crippen LogP contribution in [0.3, 0.4) is 0 Å². The van der Waals surface area contributed by atoms with E-state index in [0.717, 1.165) is 24.2 Å². The molecule has 0 atom stereocenters. The Bertz CT molecular complexity index is 775. The summed E-state index contributed by atoms with van der Waals surface area (Å²) in [7, 11) is 0. The van der Waals surface area contributed by atoms with Crippen LogP contribution in [0, 0.1) is 32.4 Å². The Morgan fingerprint density at radius 3 is 2.24 bits per heavy atom. The number of carbonyl (C=O) groups is 1. The first kappa shape index (κ1) is 24.5. The minimum absolute atomic E-state index is 0.0540. The van der Waals surface area contributed by atoms with Crippen LogP contribution < -0.4 is 16.1 Å². The second-order valence-corrected chi connectivity index (χ2v) is 6.93. The van der Waals surface area contributed by atoms with E-state index in [9.17, 15) is 13.6 Å². The molecule has 4 N–H and O–H groups in total. The number of carbonyl (C=O) groups excluding carboxylic acids is 1. The van der Waals surface area contributed by atoms with E-state index in [-0.39, 0.29) is 18.2 Å². The van der Waals surface area contributed by atoms with Crippen molar-refractivity contribution in [3.05, 3.63) is 64.2 Å². The van der Waals surface area contributed by atoms with Crippen LogP contribution >= 0.6 is 0 Å². The Labute approximate surface area is 171 Å². The molecule has 0 aromatic heterocycles. The third-order valence-corrected chi connectivity index (χ3v) is 4.27. The molecule has 5 nitrogen and oxygen atoms in total. The van der Waals surface area contributed by atoms with Gasteiger partial charge >= 0.3 is 0 Å². The lowest BCUT2D eigenvalue weighted by Crippen LogP contribution is -2.26. The van der Waals surface area contributed by atoms with Gasteiger partial charge in [-0.1, -0.05) is 25.5 Å².